The van der Waals surface area contributed by atoms with Gasteiger partial charge in [0.2, 0.25) is 0 Å². The molecule has 3 heterocycles. The molecule has 0 aliphatic carbocycles. The molecule has 8 nitrogen and oxygen atoms in total. The number of Topliss-reactive ketones (excluding diaryl/α,β-unsaturated/α-hetero) is 1. The molecule has 206 valence electrons. The number of piperazine rings is 1. The minimum absolute atomic E-state index is 0.102. The Balaban J connectivity index is 1.35. The van der Waals surface area contributed by atoms with E-state index in [4.69, 9.17) is 4.74 Å². The van der Waals surface area contributed by atoms with Crippen LogP contribution in [0.1, 0.15) is 44.7 Å². The molecule has 2 aliphatic heterocycles. The summed E-state index contributed by atoms with van der Waals surface area (Å²) in [5.41, 5.74) is 4.09. The van der Waals surface area contributed by atoms with Crippen molar-refractivity contribution in [3.05, 3.63) is 64.8 Å². The average Bonchev–Trinajstić information content (AvgIpc) is 3.28. The SMILES string of the molecule is COc1cc2c(cc1C(=O)N1CCC(Cc3ccc(C)cc3)CC1)c(C(=O)C(=O)N1CCN(C)CC1)cn2C. The van der Waals surface area contributed by atoms with Gasteiger partial charge in [-0.1, -0.05) is 29.8 Å². The lowest BCUT2D eigenvalue weighted by molar-refractivity contribution is -0.127. The smallest absolute Gasteiger partial charge is 0.295 e. The van der Waals surface area contributed by atoms with E-state index in [0.29, 0.717) is 54.4 Å². The second-order valence-electron chi connectivity index (χ2n) is 11.1. The van der Waals surface area contributed by atoms with Gasteiger partial charge >= 0.3 is 0 Å². The van der Waals surface area contributed by atoms with Crippen LogP contribution in [0.2, 0.25) is 0 Å². The van der Waals surface area contributed by atoms with Gasteiger partial charge < -0.3 is 24.0 Å². The fourth-order valence-electron chi connectivity index (χ4n) is 5.76. The number of amides is 2. The van der Waals surface area contributed by atoms with Crippen LogP contribution >= 0.6 is 0 Å². The van der Waals surface area contributed by atoms with Crippen LogP contribution in [0.4, 0.5) is 0 Å². The van der Waals surface area contributed by atoms with Crippen molar-refractivity contribution >= 4 is 28.5 Å². The molecule has 5 rings (SSSR count). The van der Waals surface area contributed by atoms with E-state index in [1.807, 2.05) is 23.6 Å². The molecule has 0 N–H and O–H groups in total. The molecular formula is C31H38N4O4. The number of aryl methyl sites for hydroxylation is 2. The number of carbonyl (C=O) groups is 3. The molecule has 0 unspecified atom stereocenters. The number of hydrogen-bond acceptors (Lipinski definition) is 5. The maximum Gasteiger partial charge on any atom is 0.295 e. The third-order valence-corrected chi connectivity index (χ3v) is 8.32. The van der Waals surface area contributed by atoms with Gasteiger partial charge in [-0.25, -0.2) is 0 Å². The van der Waals surface area contributed by atoms with E-state index in [1.165, 1.54) is 11.1 Å². The molecular weight excluding hydrogens is 492 g/mol. The summed E-state index contributed by atoms with van der Waals surface area (Å²) in [6.07, 6.45) is 4.59. The number of aromatic nitrogens is 1. The highest BCUT2D eigenvalue weighted by atomic mass is 16.5. The number of carbonyl (C=O) groups excluding carboxylic acids is 3. The molecule has 39 heavy (non-hydrogen) atoms. The number of methoxy groups -OCH3 is 1. The van der Waals surface area contributed by atoms with Crippen molar-refractivity contribution in [2.45, 2.75) is 26.2 Å². The van der Waals surface area contributed by atoms with Gasteiger partial charge in [0.15, 0.2) is 0 Å². The zero-order valence-electron chi connectivity index (χ0n) is 23.4. The fraction of sp³-hybridized carbons (Fsp3) is 0.452. The highest BCUT2D eigenvalue weighted by molar-refractivity contribution is 6.45. The van der Waals surface area contributed by atoms with Crippen LogP contribution in [-0.2, 0) is 18.3 Å². The van der Waals surface area contributed by atoms with E-state index < -0.39 is 11.7 Å². The van der Waals surface area contributed by atoms with Crippen molar-refractivity contribution in [1.29, 1.82) is 0 Å². The summed E-state index contributed by atoms with van der Waals surface area (Å²) in [4.78, 5) is 45.8. The second-order valence-corrected chi connectivity index (χ2v) is 11.1. The van der Waals surface area contributed by atoms with Gasteiger partial charge in [-0.3, -0.25) is 14.4 Å². The number of likely N-dealkylation sites (tertiary alicyclic amines) is 1. The molecule has 2 amide bonds. The number of hydrogen-bond donors (Lipinski definition) is 0. The van der Waals surface area contributed by atoms with Crippen LogP contribution in [-0.4, -0.2) is 90.3 Å². The molecule has 3 aromatic rings. The summed E-state index contributed by atoms with van der Waals surface area (Å²) in [6, 6.07) is 12.2. The molecule has 2 fully saturated rings. The Morgan fingerprint density at radius 2 is 1.54 bits per heavy atom. The number of ether oxygens (including phenoxy) is 1. The number of nitrogens with zero attached hydrogens (tertiary/aromatic N) is 4. The van der Waals surface area contributed by atoms with Crippen LogP contribution in [0, 0.1) is 12.8 Å². The molecule has 1 aromatic heterocycles. The highest BCUT2D eigenvalue weighted by Gasteiger charge is 2.30. The Morgan fingerprint density at radius 3 is 2.18 bits per heavy atom. The number of benzene rings is 2. The monoisotopic (exact) mass is 530 g/mol. The third kappa shape index (κ3) is 5.57. The first-order valence-corrected chi connectivity index (χ1v) is 13.8. The minimum atomic E-state index is -0.536. The summed E-state index contributed by atoms with van der Waals surface area (Å²) >= 11 is 0. The van der Waals surface area contributed by atoms with E-state index in [-0.39, 0.29) is 5.91 Å². The quantitative estimate of drug-likeness (QED) is 0.360. The van der Waals surface area contributed by atoms with Crippen LogP contribution in [0.3, 0.4) is 0 Å². The van der Waals surface area contributed by atoms with Crippen LogP contribution in [0.15, 0.2) is 42.6 Å². The van der Waals surface area contributed by atoms with Crippen LogP contribution in [0.25, 0.3) is 10.9 Å². The predicted molar refractivity (Wildman–Crippen MR) is 151 cm³/mol. The first kappa shape index (κ1) is 26.9. The number of rotatable bonds is 6. The molecule has 0 saturated carbocycles. The highest BCUT2D eigenvalue weighted by Crippen LogP contribution is 2.32. The molecule has 0 spiro atoms. The van der Waals surface area contributed by atoms with Crippen molar-refractivity contribution in [3.63, 3.8) is 0 Å². The number of likely N-dealkylation sites (N-methyl/N-ethyl adjacent to an activating group) is 1. The van der Waals surface area contributed by atoms with Gasteiger partial charge in [0, 0.05) is 64.0 Å². The number of piperidine rings is 1. The number of ketones is 1. The first-order chi connectivity index (χ1) is 18.7. The largest absolute Gasteiger partial charge is 0.496 e. The summed E-state index contributed by atoms with van der Waals surface area (Å²) in [7, 11) is 5.39. The van der Waals surface area contributed by atoms with Crippen molar-refractivity contribution in [1.82, 2.24) is 19.3 Å². The Kier molecular flexibility index (Phi) is 7.75. The van der Waals surface area contributed by atoms with E-state index in [1.54, 1.807) is 30.3 Å². The van der Waals surface area contributed by atoms with Crippen LogP contribution in [0.5, 0.6) is 5.75 Å². The lowest BCUT2D eigenvalue weighted by atomic mass is 9.89. The second kappa shape index (κ2) is 11.2. The first-order valence-electron chi connectivity index (χ1n) is 13.8. The molecule has 8 heteroatoms. The molecule has 2 aromatic carbocycles. The van der Waals surface area contributed by atoms with Gasteiger partial charge in [0.1, 0.15) is 5.75 Å². The minimum Gasteiger partial charge on any atom is -0.496 e. The molecule has 2 saturated heterocycles. The summed E-state index contributed by atoms with van der Waals surface area (Å²) < 4.78 is 7.44. The molecule has 0 atom stereocenters. The lowest BCUT2D eigenvalue weighted by Crippen LogP contribution is -2.49. The normalized spacial score (nSPS) is 17.0. The predicted octanol–water partition coefficient (Wildman–Crippen LogP) is 3.55. The van der Waals surface area contributed by atoms with Gasteiger partial charge in [-0.15, -0.1) is 0 Å². The molecule has 0 bridgehead atoms. The average molecular weight is 531 g/mol. The maximum absolute atomic E-state index is 13.7. The Bertz CT molecular complexity index is 1380. The van der Waals surface area contributed by atoms with Gasteiger partial charge in [-0.05, 0) is 50.8 Å². The number of fused-ring (bicyclic) bond motifs is 1. The van der Waals surface area contributed by atoms with Gasteiger partial charge in [0.25, 0.3) is 17.6 Å². The van der Waals surface area contributed by atoms with Crippen molar-refractivity contribution in [3.8, 4) is 5.75 Å². The van der Waals surface area contributed by atoms with Crippen molar-refractivity contribution < 1.29 is 19.1 Å². The van der Waals surface area contributed by atoms with Gasteiger partial charge in [0.05, 0.1) is 23.8 Å². The Hall–Kier alpha value is -3.65. The standard InChI is InChI=1S/C31H38N4O4/c1-21-5-7-22(8-6-21)17-23-9-11-34(12-10-23)30(37)25-18-24-26(20-33(3)27(24)19-28(25)39-4)29(36)31(38)35-15-13-32(2)14-16-35/h5-8,18-20,23H,9-17H2,1-4H3. The fourth-order valence-corrected chi connectivity index (χ4v) is 5.76. The van der Waals surface area contributed by atoms with E-state index in [0.717, 1.165) is 37.9 Å². The summed E-state index contributed by atoms with van der Waals surface area (Å²) in [5, 5.41) is 0.600. The Morgan fingerprint density at radius 1 is 0.872 bits per heavy atom. The lowest BCUT2D eigenvalue weighted by Gasteiger charge is -2.32. The summed E-state index contributed by atoms with van der Waals surface area (Å²) in [5.74, 6) is -0.115. The molecule has 2 aliphatic rings. The zero-order valence-corrected chi connectivity index (χ0v) is 23.4. The maximum atomic E-state index is 13.7. The van der Waals surface area contributed by atoms with Crippen LogP contribution < -0.4 is 4.74 Å². The van der Waals surface area contributed by atoms with E-state index >= 15 is 0 Å². The van der Waals surface area contributed by atoms with E-state index in [9.17, 15) is 14.4 Å². The van der Waals surface area contributed by atoms with E-state index in [2.05, 4.69) is 36.1 Å². The molecule has 0 radical (unpaired) electrons. The summed E-state index contributed by atoms with van der Waals surface area (Å²) in [6.45, 7) is 6.00. The Labute approximate surface area is 230 Å². The van der Waals surface area contributed by atoms with Gasteiger partial charge in [-0.2, -0.15) is 0 Å². The topological polar surface area (TPSA) is 75.1 Å². The third-order valence-electron chi connectivity index (χ3n) is 8.32. The zero-order chi connectivity index (χ0) is 27.7. The van der Waals surface area contributed by atoms with Crippen molar-refractivity contribution in [2.75, 3.05) is 53.4 Å². The van der Waals surface area contributed by atoms with Crippen molar-refractivity contribution in [2.24, 2.45) is 13.0 Å².